The highest BCUT2D eigenvalue weighted by atomic mass is 32.1. The number of para-hydroxylation sites is 1. The number of amides is 1. The Kier molecular flexibility index (Phi) is 6.15. The van der Waals surface area contributed by atoms with E-state index in [1.54, 1.807) is 68.5 Å². The third kappa shape index (κ3) is 3.87. The molecule has 0 N–H and O–H groups in total. The van der Waals surface area contributed by atoms with Crippen molar-refractivity contribution in [3.05, 3.63) is 98.9 Å². The molecule has 2 aromatic heterocycles. The van der Waals surface area contributed by atoms with Gasteiger partial charge in [0.25, 0.3) is 5.91 Å². The van der Waals surface area contributed by atoms with Crippen LogP contribution in [0.15, 0.2) is 70.4 Å². The van der Waals surface area contributed by atoms with Crippen molar-refractivity contribution in [3.8, 4) is 5.75 Å². The summed E-state index contributed by atoms with van der Waals surface area (Å²) < 4.78 is 16.7. The normalized spacial score (nSPS) is 14.7. The van der Waals surface area contributed by atoms with E-state index >= 15 is 0 Å². The van der Waals surface area contributed by atoms with Gasteiger partial charge in [0.15, 0.2) is 10.6 Å². The van der Waals surface area contributed by atoms with E-state index in [9.17, 15) is 14.4 Å². The Morgan fingerprint density at radius 3 is 2.67 bits per heavy atom. The van der Waals surface area contributed by atoms with Crippen molar-refractivity contribution in [1.29, 1.82) is 0 Å². The molecule has 36 heavy (non-hydrogen) atoms. The largest absolute Gasteiger partial charge is 0.490 e. The molecule has 0 radical (unpaired) electrons. The van der Waals surface area contributed by atoms with Crippen molar-refractivity contribution in [1.82, 2.24) is 4.98 Å². The topological polar surface area (TPSA) is 98.9 Å². The molecule has 0 aliphatic carbocycles. The zero-order valence-corrected chi connectivity index (χ0v) is 20.5. The van der Waals surface area contributed by atoms with Gasteiger partial charge in [0.05, 0.1) is 29.3 Å². The number of nitrogens with zero attached hydrogens (tertiary/aromatic N) is 2. The number of esters is 1. The molecule has 8 nitrogen and oxygen atoms in total. The number of anilines is 1. The quantitative estimate of drug-likeness (QED) is 0.258. The van der Waals surface area contributed by atoms with Crippen LogP contribution in [0.25, 0.3) is 11.0 Å². The van der Waals surface area contributed by atoms with Crippen LogP contribution in [0.4, 0.5) is 5.13 Å². The molecule has 4 aromatic rings. The van der Waals surface area contributed by atoms with Crippen molar-refractivity contribution >= 4 is 39.3 Å². The van der Waals surface area contributed by atoms with Crippen LogP contribution >= 0.6 is 11.3 Å². The highest BCUT2D eigenvalue weighted by Gasteiger charge is 2.45. The Bertz CT molecular complexity index is 1550. The molecular weight excluding hydrogens is 480 g/mol. The summed E-state index contributed by atoms with van der Waals surface area (Å²) in [6.07, 6.45) is 1.64. The zero-order valence-electron chi connectivity index (χ0n) is 19.6. The van der Waals surface area contributed by atoms with E-state index < -0.39 is 17.9 Å². The molecule has 9 heteroatoms. The van der Waals surface area contributed by atoms with Gasteiger partial charge < -0.3 is 13.9 Å². The third-order valence-corrected chi connectivity index (χ3v) is 6.93. The van der Waals surface area contributed by atoms with Gasteiger partial charge in [-0.2, -0.15) is 0 Å². The molecule has 1 aliphatic heterocycles. The van der Waals surface area contributed by atoms with Gasteiger partial charge in [0.2, 0.25) is 5.76 Å². The fourth-order valence-electron chi connectivity index (χ4n) is 4.21. The Hall–Kier alpha value is -4.24. The summed E-state index contributed by atoms with van der Waals surface area (Å²) in [6.45, 7) is 7.61. The highest BCUT2D eigenvalue weighted by molar-refractivity contribution is 7.17. The molecule has 5 rings (SSSR count). The van der Waals surface area contributed by atoms with Crippen LogP contribution in [0.1, 0.15) is 50.0 Å². The zero-order chi connectivity index (χ0) is 25.4. The van der Waals surface area contributed by atoms with Gasteiger partial charge in [-0.05, 0) is 43.7 Å². The first kappa shape index (κ1) is 23.5. The standard InChI is InChI=1S/C27H22N2O6S/c1-4-14-34-17-12-10-16(11-13-17)21-20-22(30)18-8-6-7-9-19(18)35-23(20)25(31)29(21)27-28-15(3)24(36-27)26(32)33-5-2/h4,6-13,21H,1,5,14H2,2-3H3/t21-/m0/s1. The second kappa shape index (κ2) is 9.43. The minimum atomic E-state index is -0.803. The fourth-order valence-corrected chi connectivity index (χ4v) is 5.19. The first-order valence-corrected chi connectivity index (χ1v) is 12.1. The molecule has 1 amide bonds. The summed E-state index contributed by atoms with van der Waals surface area (Å²) in [5, 5.41) is 0.650. The Morgan fingerprint density at radius 1 is 1.19 bits per heavy atom. The molecule has 3 heterocycles. The van der Waals surface area contributed by atoms with Crippen LogP contribution in [-0.4, -0.2) is 30.1 Å². The second-order valence-corrected chi connectivity index (χ2v) is 9.03. The van der Waals surface area contributed by atoms with Gasteiger partial charge in [-0.1, -0.05) is 48.3 Å². The molecule has 0 saturated carbocycles. The Balaban J connectivity index is 1.69. The maximum Gasteiger partial charge on any atom is 0.350 e. The van der Waals surface area contributed by atoms with Crippen molar-refractivity contribution in [3.63, 3.8) is 0 Å². The lowest BCUT2D eigenvalue weighted by atomic mass is 9.98. The molecule has 182 valence electrons. The molecule has 0 saturated heterocycles. The Morgan fingerprint density at radius 2 is 1.94 bits per heavy atom. The maximum atomic E-state index is 13.7. The molecule has 1 atom stereocenters. The van der Waals surface area contributed by atoms with Crippen LogP contribution in [0.3, 0.4) is 0 Å². The first-order valence-electron chi connectivity index (χ1n) is 11.3. The van der Waals surface area contributed by atoms with Crippen LogP contribution in [-0.2, 0) is 4.74 Å². The molecule has 0 fully saturated rings. The number of aromatic nitrogens is 1. The third-order valence-electron chi connectivity index (χ3n) is 5.79. The van der Waals surface area contributed by atoms with E-state index in [0.29, 0.717) is 39.5 Å². The van der Waals surface area contributed by atoms with E-state index in [1.807, 2.05) is 0 Å². The number of benzene rings is 2. The molecule has 2 aromatic carbocycles. The maximum absolute atomic E-state index is 13.7. The number of fused-ring (bicyclic) bond motifs is 2. The molecule has 0 bridgehead atoms. The number of hydrogen-bond donors (Lipinski definition) is 0. The van der Waals surface area contributed by atoms with Crippen LogP contribution in [0.2, 0.25) is 0 Å². The van der Waals surface area contributed by atoms with Crippen LogP contribution < -0.4 is 15.1 Å². The minimum absolute atomic E-state index is 0.0405. The molecule has 0 unspecified atom stereocenters. The van der Waals surface area contributed by atoms with E-state index in [-0.39, 0.29) is 28.5 Å². The fraction of sp³-hybridized carbons (Fsp3) is 0.185. The summed E-state index contributed by atoms with van der Waals surface area (Å²) >= 11 is 1.04. The van der Waals surface area contributed by atoms with Gasteiger partial charge in [-0.15, -0.1) is 0 Å². The number of rotatable bonds is 7. The summed E-state index contributed by atoms with van der Waals surface area (Å²) in [5.74, 6) is -0.437. The molecule has 1 aliphatic rings. The predicted octanol–water partition coefficient (Wildman–Crippen LogP) is 5.05. The minimum Gasteiger partial charge on any atom is -0.490 e. The average molecular weight is 503 g/mol. The van der Waals surface area contributed by atoms with E-state index in [4.69, 9.17) is 13.9 Å². The van der Waals surface area contributed by atoms with E-state index in [1.165, 1.54) is 4.90 Å². The number of ether oxygens (including phenoxy) is 2. The summed E-state index contributed by atoms with van der Waals surface area (Å²) in [7, 11) is 0. The lowest BCUT2D eigenvalue weighted by Crippen LogP contribution is -2.29. The molecule has 0 spiro atoms. The van der Waals surface area contributed by atoms with Gasteiger partial charge in [0.1, 0.15) is 22.8 Å². The van der Waals surface area contributed by atoms with E-state index in [2.05, 4.69) is 11.6 Å². The SMILES string of the molecule is C=CCOc1ccc([C@H]2c3c(oc4ccccc4c3=O)C(=O)N2c2nc(C)c(C(=O)OCC)s2)cc1. The monoisotopic (exact) mass is 502 g/mol. The van der Waals surface area contributed by atoms with Gasteiger partial charge in [-0.25, -0.2) is 9.78 Å². The predicted molar refractivity (Wildman–Crippen MR) is 136 cm³/mol. The summed E-state index contributed by atoms with van der Waals surface area (Å²) in [4.78, 5) is 46.0. The van der Waals surface area contributed by atoms with Crippen LogP contribution in [0, 0.1) is 6.92 Å². The van der Waals surface area contributed by atoms with E-state index in [0.717, 1.165) is 11.3 Å². The van der Waals surface area contributed by atoms with Crippen LogP contribution in [0.5, 0.6) is 5.75 Å². The van der Waals surface area contributed by atoms with Gasteiger partial charge >= 0.3 is 5.97 Å². The van der Waals surface area contributed by atoms with Crippen molar-refractivity contribution in [2.24, 2.45) is 0 Å². The second-order valence-electron chi connectivity index (χ2n) is 8.05. The highest BCUT2D eigenvalue weighted by Crippen LogP contribution is 2.43. The van der Waals surface area contributed by atoms with Gasteiger partial charge in [0, 0.05) is 0 Å². The molecular formula is C27H22N2O6S. The number of aryl methyl sites for hydroxylation is 1. The lowest BCUT2D eigenvalue weighted by Gasteiger charge is -2.22. The summed E-state index contributed by atoms with van der Waals surface area (Å²) in [5.41, 5.74) is 1.36. The van der Waals surface area contributed by atoms with Gasteiger partial charge in [-0.3, -0.25) is 14.5 Å². The number of hydrogen-bond acceptors (Lipinski definition) is 8. The number of carbonyl (C=O) groups excluding carboxylic acids is 2. The first-order chi connectivity index (χ1) is 17.4. The van der Waals surface area contributed by atoms with Crippen molar-refractivity contribution < 1.29 is 23.5 Å². The summed E-state index contributed by atoms with van der Waals surface area (Å²) in [6, 6.07) is 13.1. The smallest absolute Gasteiger partial charge is 0.350 e. The Labute approximate surface area is 210 Å². The number of carbonyl (C=O) groups is 2. The lowest BCUT2D eigenvalue weighted by molar-refractivity contribution is 0.0531. The van der Waals surface area contributed by atoms with Crippen molar-refractivity contribution in [2.45, 2.75) is 19.9 Å². The van der Waals surface area contributed by atoms with Crippen molar-refractivity contribution in [2.75, 3.05) is 18.1 Å². The average Bonchev–Trinajstić information content (AvgIpc) is 3.41. The number of thiazole rings is 1.